The number of fused-ring (bicyclic) bond motifs is 1. The quantitative estimate of drug-likeness (QED) is 0.810. The number of hydrogen-bond acceptors (Lipinski definition) is 3. The number of rotatable bonds is 4. The van der Waals surface area contributed by atoms with Crippen LogP contribution < -0.4 is 16.0 Å². The minimum atomic E-state index is -0.254. The molecule has 0 aliphatic carbocycles. The highest BCUT2D eigenvalue weighted by Crippen LogP contribution is 2.29. The molecule has 1 aliphatic rings. The van der Waals surface area contributed by atoms with Gasteiger partial charge in [-0.25, -0.2) is 0 Å². The minimum absolute atomic E-state index is 0.0701. The van der Waals surface area contributed by atoms with Gasteiger partial charge in [0, 0.05) is 12.1 Å². The molecule has 1 atom stereocenters. The molecular weight excluding hydrogens is 302 g/mol. The van der Waals surface area contributed by atoms with Crippen molar-refractivity contribution in [1.82, 2.24) is 5.32 Å². The molecule has 0 bridgehead atoms. The lowest BCUT2D eigenvalue weighted by molar-refractivity contribution is -0.117. The number of amides is 2. The van der Waals surface area contributed by atoms with Crippen molar-refractivity contribution in [3.8, 4) is 0 Å². The number of hydrogen-bond donors (Lipinski definition) is 3. The number of anilines is 2. The van der Waals surface area contributed by atoms with Crippen molar-refractivity contribution in [2.24, 2.45) is 5.92 Å². The van der Waals surface area contributed by atoms with Crippen LogP contribution in [0, 0.1) is 5.92 Å². The summed E-state index contributed by atoms with van der Waals surface area (Å²) in [5.41, 5.74) is 3.05. The van der Waals surface area contributed by atoms with Crippen LogP contribution in [0.3, 0.4) is 0 Å². The van der Waals surface area contributed by atoms with Gasteiger partial charge in [0.25, 0.3) is 5.91 Å². The molecule has 0 radical (unpaired) electrons. The molecule has 3 rings (SSSR count). The fourth-order valence-corrected chi connectivity index (χ4v) is 2.71. The maximum absolute atomic E-state index is 12.3. The van der Waals surface area contributed by atoms with Crippen LogP contribution in [0.5, 0.6) is 0 Å². The van der Waals surface area contributed by atoms with E-state index < -0.39 is 0 Å². The number of carbonyl (C=O) groups is 2. The summed E-state index contributed by atoms with van der Waals surface area (Å²) in [6.07, 6.45) is 0. The van der Waals surface area contributed by atoms with Crippen molar-refractivity contribution in [1.29, 1.82) is 0 Å². The standard InChI is InChI=1S/C19H21N3O2/c1-12(2)17-19(24)22-16-10-14(8-9-15(16)21-17)18(23)20-11-13-6-4-3-5-7-13/h3-10,12,17,21H,11H2,1-2H3,(H,20,23)(H,22,24). The van der Waals surface area contributed by atoms with Crippen LogP contribution in [-0.4, -0.2) is 17.9 Å². The number of carbonyl (C=O) groups excluding carboxylic acids is 2. The normalized spacial score (nSPS) is 16.1. The smallest absolute Gasteiger partial charge is 0.251 e. The SMILES string of the molecule is CC(C)C1Nc2ccc(C(=O)NCc3ccccc3)cc2NC1=O. The first kappa shape index (κ1) is 16.1. The Morgan fingerprint density at radius 2 is 1.88 bits per heavy atom. The van der Waals surface area contributed by atoms with Gasteiger partial charge in [0.2, 0.25) is 5.91 Å². The molecule has 124 valence electrons. The molecule has 2 aromatic carbocycles. The van der Waals surface area contributed by atoms with E-state index in [1.807, 2.05) is 50.2 Å². The molecule has 0 saturated heterocycles. The second kappa shape index (κ2) is 6.74. The van der Waals surface area contributed by atoms with Gasteiger partial charge >= 0.3 is 0 Å². The van der Waals surface area contributed by atoms with E-state index in [4.69, 9.17) is 0 Å². The van der Waals surface area contributed by atoms with Crippen molar-refractivity contribution in [3.63, 3.8) is 0 Å². The summed E-state index contributed by atoms with van der Waals surface area (Å²) in [7, 11) is 0. The van der Waals surface area contributed by atoms with Crippen LogP contribution in [0.25, 0.3) is 0 Å². The topological polar surface area (TPSA) is 70.2 Å². The van der Waals surface area contributed by atoms with Gasteiger partial charge < -0.3 is 16.0 Å². The Morgan fingerprint density at radius 1 is 1.12 bits per heavy atom. The highest BCUT2D eigenvalue weighted by atomic mass is 16.2. The van der Waals surface area contributed by atoms with Gasteiger partial charge in [0.05, 0.1) is 11.4 Å². The average molecular weight is 323 g/mol. The molecule has 1 unspecified atom stereocenters. The molecule has 0 aromatic heterocycles. The molecule has 0 fully saturated rings. The Balaban J connectivity index is 1.71. The predicted molar refractivity (Wildman–Crippen MR) is 94.9 cm³/mol. The molecule has 1 heterocycles. The zero-order chi connectivity index (χ0) is 17.1. The van der Waals surface area contributed by atoms with E-state index in [1.54, 1.807) is 12.1 Å². The molecule has 0 saturated carbocycles. The molecule has 2 amide bonds. The second-order valence-electron chi connectivity index (χ2n) is 6.28. The number of nitrogens with one attached hydrogen (secondary N) is 3. The lowest BCUT2D eigenvalue weighted by atomic mass is 9.99. The van der Waals surface area contributed by atoms with Crippen molar-refractivity contribution in [2.75, 3.05) is 10.6 Å². The van der Waals surface area contributed by atoms with Gasteiger partial charge in [-0.2, -0.15) is 0 Å². The van der Waals surface area contributed by atoms with E-state index in [1.165, 1.54) is 0 Å². The molecule has 2 aromatic rings. The Morgan fingerprint density at radius 3 is 2.58 bits per heavy atom. The maximum atomic E-state index is 12.3. The molecule has 3 N–H and O–H groups in total. The van der Waals surface area contributed by atoms with Crippen LogP contribution in [0.15, 0.2) is 48.5 Å². The van der Waals surface area contributed by atoms with Crippen molar-refractivity contribution < 1.29 is 9.59 Å². The lowest BCUT2D eigenvalue weighted by Crippen LogP contribution is -2.42. The van der Waals surface area contributed by atoms with E-state index in [-0.39, 0.29) is 23.8 Å². The van der Waals surface area contributed by atoms with Crippen LogP contribution in [0.2, 0.25) is 0 Å². The number of benzene rings is 2. The summed E-state index contributed by atoms with van der Waals surface area (Å²) in [4.78, 5) is 24.4. The molecule has 24 heavy (non-hydrogen) atoms. The maximum Gasteiger partial charge on any atom is 0.251 e. The van der Waals surface area contributed by atoms with E-state index in [9.17, 15) is 9.59 Å². The van der Waals surface area contributed by atoms with Crippen molar-refractivity contribution in [3.05, 3.63) is 59.7 Å². The zero-order valence-electron chi connectivity index (χ0n) is 13.8. The van der Waals surface area contributed by atoms with Crippen LogP contribution in [0.4, 0.5) is 11.4 Å². The third kappa shape index (κ3) is 3.40. The summed E-state index contributed by atoms with van der Waals surface area (Å²) >= 11 is 0. The van der Waals surface area contributed by atoms with Gasteiger partial charge in [-0.3, -0.25) is 9.59 Å². The third-order valence-electron chi connectivity index (χ3n) is 4.10. The molecule has 1 aliphatic heterocycles. The summed E-state index contributed by atoms with van der Waals surface area (Å²) < 4.78 is 0. The second-order valence-corrected chi connectivity index (χ2v) is 6.28. The fourth-order valence-electron chi connectivity index (χ4n) is 2.71. The van der Waals surface area contributed by atoms with Crippen LogP contribution >= 0.6 is 0 Å². The van der Waals surface area contributed by atoms with Gasteiger partial charge in [0.1, 0.15) is 6.04 Å². The Kier molecular flexibility index (Phi) is 4.51. The predicted octanol–water partition coefficient (Wildman–Crippen LogP) is 3.01. The zero-order valence-corrected chi connectivity index (χ0v) is 13.8. The van der Waals surface area contributed by atoms with Gasteiger partial charge in [-0.1, -0.05) is 44.2 Å². The summed E-state index contributed by atoms with van der Waals surface area (Å²) in [5.74, 6) is -0.0479. The van der Waals surface area contributed by atoms with Gasteiger partial charge in [-0.05, 0) is 29.7 Å². The summed E-state index contributed by atoms with van der Waals surface area (Å²) in [6, 6.07) is 14.8. The molecular formula is C19H21N3O2. The highest BCUT2D eigenvalue weighted by molar-refractivity contribution is 6.05. The first-order valence-corrected chi connectivity index (χ1v) is 8.08. The van der Waals surface area contributed by atoms with Crippen molar-refractivity contribution in [2.45, 2.75) is 26.4 Å². The van der Waals surface area contributed by atoms with Gasteiger partial charge in [0.15, 0.2) is 0 Å². The largest absolute Gasteiger partial charge is 0.372 e. The Hall–Kier alpha value is -2.82. The van der Waals surface area contributed by atoms with Crippen LogP contribution in [0.1, 0.15) is 29.8 Å². The van der Waals surface area contributed by atoms with E-state index >= 15 is 0 Å². The first-order chi connectivity index (χ1) is 11.5. The van der Waals surface area contributed by atoms with Gasteiger partial charge in [-0.15, -0.1) is 0 Å². The van der Waals surface area contributed by atoms with Crippen LogP contribution in [-0.2, 0) is 11.3 Å². The van der Waals surface area contributed by atoms with E-state index in [2.05, 4.69) is 16.0 Å². The Bertz CT molecular complexity index is 756. The average Bonchev–Trinajstić information content (AvgIpc) is 2.59. The molecule has 5 nitrogen and oxygen atoms in total. The molecule has 0 spiro atoms. The monoisotopic (exact) mass is 323 g/mol. The fraction of sp³-hybridized carbons (Fsp3) is 0.263. The first-order valence-electron chi connectivity index (χ1n) is 8.08. The minimum Gasteiger partial charge on any atom is -0.372 e. The van der Waals surface area contributed by atoms with E-state index in [0.29, 0.717) is 17.8 Å². The summed E-state index contributed by atoms with van der Waals surface area (Å²) in [6.45, 7) is 4.46. The third-order valence-corrected chi connectivity index (χ3v) is 4.10. The Labute approximate surface area is 141 Å². The van der Waals surface area contributed by atoms with E-state index in [0.717, 1.165) is 11.3 Å². The highest BCUT2D eigenvalue weighted by Gasteiger charge is 2.28. The molecule has 5 heteroatoms. The lowest BCUT2D eigenvalue weighted by Gasteiger charge is -2.29. The summed E-state index contributed by atoms with van der Waals surface area (Å²) in [5, 5.41) is 8.99. The van der Waals surface area contributed by atoms with Crippen molar-refractivity contribution >= 4 is 23.2 Å².